The highest BCUT2D eigenvalue weighted by molar-refractivity contribution is 5.70. The first-order valence-corrected chi connectivity index (χ1v) is 13.2. The number of hydrogen-bond donors (Lipinski definition) is 3. The first-order chi connectivity index (χ1) is 19.6. The molecule has 3 aromatic carbocycles. The van der Waals surface area contributed by atoms with Crippen LogP contribution >= 0.6 is 0 Å². The van der Waals surface area contributed by atoms with E-state index in [9.17, 15) is 9.65 Å². The highest BCUT2D eigenvalue weighted by atomic mass is 19.1. The summed E-state index contributed by atoms with van der Waals surface area (Å²) in [7, 11) is 1.69. The van der Waals surface area contributed by atoms with Crippen LogP contribution in [0.25, 0.3) is 0 Å². The Balaban J connectivity index is 1.34. The third kappa shape index (κ3) is 6.14. The Morgan fingerprint density at radius 3 is 2.65 bits per heavy atom. The fraction of sp³-hybridized carbons (Fsp3) is 0.258. The average molecular weight is 539 g/mol. The van der Waals surface area contributed by atoms with E-state index in [0.29, 0.717) is 40.2 Å². The van der Waals surface area contributed by atoms with Gasteiger partial charge in [0.25, 0.3) is 0 Å². The van der Waals surface area contributed by atoms with Crippen LogP contribution in [0.5, 0.6) is 11.5 Å². The van der Waals surface area contributed by atoms with Crippen molar-refractivity contribution >= 4 is 23.1 Å². The van der Waals surface area contributed by atoms with Crippen molar-refractivity contribution < 1.29 is 13.9 Å². The summed E-state index contributed by atoms with van der Waals surface area (Å²) in [4.78, 5) is 9.10. The van der Waals surface area contributed by atoms with Crippen LogP contribution in [0.4, 0.5) is 27.5 Å². The van der Waals surface area contributed by atoms with E-state index >= 15 is 0 Å². The van der Waals surface area contributed by atoms with Gasteiger partial charge in [0, 0.05) is 29.1 Å². The second-order valence-electron chi connectivity index (χ2n) is 9.63. The molecule has 0 radical (unpaired) electrons. The zero-order valence-electron chi connectivity index (χ0n) is 22.5. The van der Waals surface area contributed by atoms with Gasteiger partial charge in [-0.15, -0.1) is 0 Å². The molecule has 40 heavy (non-hydrogen) atoms. The molecule has 1 aliphatic heterocycles. The highest BCUT2D eigenvalue weighted by Crippen LogP contribution is 2.35. The van der Waals surface area contributed by atoms with Crippen LogP contribution in [0, 0.1) is 24.1 Å². The van der Waals surface area contributed by atoms with E-state index in [1.165, 1.54) is 11.6 Å². The molecule has 2 heterocycles. The molecule has 1 aliphatic rings. The van der Waals surface area contributed by atoms with E-state index in [-0.39, 0.29) is 12.4 Å². The van der Waals surface area contributed by atoms with Gasteiger partial charge in [-0.3, -0.25) is 0 Å². The summed E-state index contributed by atoms with van der Waals surface area (Å²) < 4.78 is 25.6. The molecule has 4 aromatic rings. The molecule has 0 amide bonds. The largest absolute Gasteiger partial charge is 0.496 e. The van der Waals surface area contributed by atoms with E-state index < -0.39 is 0 Å². The number of methoxy groups -OCH3 is 1. The van der Waals surface area contributed by atoms with Gasteiger partial charge in [-0.1, -0.05) is 30.3 Å². The summed E-state index contributed by atoms with van der Waals surface area (Å²) in [5.41, 5.74) is 4.05. The third-order valence-electron chi connectivity index (χ3n) is 6.97. The minimum Gasteiger partial charge on any atom is -0.496 e. The lowest BCUT2D eigenvalue weighted by atomic mass is 9.89. The number of nitriles is 1. The first-order valence-electron chi connectivity index (χ1n) is 13.2. The van der Waals surface area contributed by atoms with Gasteiger partial charge in [0.1, 0.15) is 41.4 Å². The SMILES string of the molecule is COc1cc(Nc2ncc(C)c(Nc3cccc(OCc4ccccc4F)c3C#N)n2)ccc1C1CCNCC1. The molecule has 5 rings (SSSR count). The number of nitrogens with zero attached hydrogens (tertiary/aromatic N) is 3. The summed E-state index contributed by atoms with van der Waals surface area (Å²) in [6.07, 6.45) is 3.88. The average Bonchev–Trinajstić information content (AvgIpc) is 2.99. The second kappa shape index (κ2) is 12.5. The molecule has 0 spiro atoms. The van der Waals surface area contributed by atoms with Crippen LogP contribution in [0.2, 0.25) is 0 Å². The van der Waals surface area contributed by atoms with Crippen molar-refractivity contribution in [2.24, 2.45) is 0 Å². The van der Waals surface area contributed by atoms with Gasteiger partial charge >= 0.3 is 0 Å². The molecular weight excluding hydrogens is 507 g/mol. The molecule has 9 heteroatoms. The van der Waals surface area contributed by atoms with Gasteiger partial charge in [0.05, 0.1) is 12.8 Å². The number of piperidine rings is 1. The van der Waals surface area contributed by atoms with Gasteiger partial charge in [0.15, 0.2) is 0 Å². The molecule has 1 aromatic heterocycles. The van der Waals surface area contributed by atoms with E-state index in [2.05, 4.69) is 38.1 Å². The van der Waals surface area contributed by atoms with E-state index in [1.54, 1.807) is 49.7 Å². The van der Waals surface area contributed by atoms with Crippen LogP contribution in [-0.2, 0) is 6.61 Å². The van der Waals surface area contributed by atoms with Gasteiger partial charge in [-0.25, -0.2) is 9.37 Å². The van der Waals surface area contributed by atoms with Gasteiger partial charge < -0.3 is 25.4 Å². The van der Waals surface area contributed by atoms with E-state index in [0.717, 1.165) is 42.9 Å². The summed E-state index contributed by atoms with van der Waals surface area (Å²) >= 11 is 0. The van der Waals surface area contributed by atoms with Crippen molar-refractivity contribution in [2.75, 3.05) is 30.8 Å². The molecule has 0 unspecified atom stereocenters. The maximum absolute atomic E-state index is 14.0. The lowest BCUT2D eigenvalue weighted by molar-refractivity contribution is 0.299. The quantitative estimate of drug-likeness (QED) is 0.227. The second-order valence-corrected chi connectivity index (χ2v) is 9.63. The molecule has 8 nitrogen and oxygen atoms in total. The van der Waals surface area contributed by atoms with Gasteiger partial charge in [-0.2, -0.15) is 10.2 Å². The lowest BCUT2D eigenvalue weighted by Gasteiger charge is -2.25. The number of anilines is 4. The number of nitrogens with one attached hydrogen (secondary N) is 3. The Hall–Kier alpha value is -4.68. The molecular formula is C31H31FN6O2. The number of halogens is 1. The maximum Gasteiger partial charge on any atom is 0.229 e. The Morgan fingerprint density at radius 1 is 1.05 bits per heavy atom. The monoisotopic (exact) mass is 538 g/mol. The summed E-state index contributed by atoms with van der Waals surface area (Å²) in [5, 5.41) is 19.8. The molecule has 0 bridgehead atoms. The zero-order valence-corrected chi connectivity index (χ0v) is 22.5. The standard InChI is InChI=1S/C31H31FN6O2/c1-20-18-35-31(36-23-10-11-24(29(16-23)39-2)21-12-14-34-15-13-21)38-30(20)37-27-8-5-9-28(25(27)17-33)40-19-22-6-3-4-7-26(22)32/h3-11,16,18,21,34H,12-15,19H2,1-2H3,(H2,35,36,37,38). The summed E-state index contributed by atoms with van der Waals surface area (Å²) in [6.45, 7) is 3.91. The number of ether oxygens (including phenoxy) is 2. The Kier molecular flexibility index (Phi) is 8.38. The minimum absolute atomic E-state index is 0.00526. The summed E-state index contributed by atoms with van der Waals surface area (Å²) in [5.74, 6) is 2.24. The van der Waals surface area contributed by atoms with Crippen LogP contribution in [0.15, 0.2) is 66.9 Å². The van der Waals surface area contributed by atoms with E-state index in [4.69, 9.17) is 9.47 Å². The molecule has 0 aliphatic carbocycles. The Morgan fingerprint density at radius 2 is 1.88 bits per heavy atom. The Bertz CT molecular complexity index is 1530. The topological polar surface area (TPSA) is 104 Å². The molecule has 0 atom stereocenters. The van der Waals surface area contributed by atoms with Crippen molar-refractivity contribution in [3.8, 4) is 17.6 Å². The molecule has 1 fully saturated rings. The third-order valence-corrected chi connectivity index (χ3v) is 6.97. The van der Waals surface area contributed by atoms with Gasteiger partial charge in [-0.05, 0) is 68.6 Å². The van der Waals surface area contributed by atoms with Crippen molar-refractivity contribution in [3.63, 3.8) is 0 Å². The predicted octanol–water partition coefficient (Wildman–Crippen LogP) is 6.34. The fourth-order valence-corrected chi connectivity index (χ4v) is 4.79. The number of aromatic nitrogens is 2. The number of hydrogen-bond acceptors (Lipinski definition) is 8. The van der Waals surface area contributed by atoms with E-state index in [1.807, 2.05) is 19.1 Å². The molecule has 0 saturated carbocycles. The minimum atomic E-state index is -0.356. The molecule has 204 valence electrons. The highest BCUT2D eigenvalue weighted by Gasteiger charge is 2.19. The van der Waals surface area contributed by atoms with Crippen LogP contribution in [0.3, 0.4) is 0 Å². The van der Waals surface area contributed by atoms with Crippen LogP contribution < -0.4 is 25.4 Å². The fourth-order valence-electron chi connectivity index (χ4n) is 4.79. The number of rotatable bonds is 9. The number of aryl methyl sites for hydroxylation is 1. The van der Waals surface area contributed by atoms with Crippen molar-refractivity contribution in [3.05, 3.63) is 94.9 Å². The predicted molar refractivity (Wildman–Crippen MR) is 153 cm³/mol. The number of benzene rings is 3. The first kappa shape index (κ1) is 26.9. The van der Waals surface area contributed by atoms with Gasteiger partial charge in [0.2, 0.25) is 5.95 Å². The zero-order chi connectivity index (χ0) is 27.9. The molecule has 1 saturated heterocycles. The van der Waals surface area contributed by atoms with Crippen molar-refractivity contribution in [2.45, 2.75) is 32.3 Å². The smallest absolute Gasteiger partial charge is 0.229 e. The van der Waals surface area contributed by atoms with Crippen LogP contribution in [0.1, 0.15) is 41.0 Å². The Labute approximate surface area is 233 Å². The van der Waals surface area contributed by atoms with Crippen molar-refractivity contribution in [1.82, 2.24) is 15.3 Å². The normalized spacial score (nSPS) is 13.3. The lowest BCUT2D eigenvalue weighted by Crippen LogP contribution is -2.26. The summed E-state index contributed by atoms with van der Waals surface area (Å²) in [6, 6.07) is 19.9. The maximum atomic E-state index is 14.0. The van der Waals surface area contributed by atoms with Crippen molar-refractivity contribution in [1.29, 1.82) is 5.26 Å². The van der Waals surface area contributed by atoms with Crippen LogP contribution in [-0.4, -0.2) is 30.2 Å². The molecule has 3 N–H and O–H groups in total.